The van der Waals surface area contributed by atoms with Gasteiger partial charge in [0, 0.05) is 25.7 Å². The first kappa shape index (κ1) is 85.1. The molecule has 0 heterocycles. The Balaban J connectivity index is 5.26. The van der Waals surface area contributed by atoms with Gasteiger partial charge >= 0.3 is 39.5 Å². The molecule has 0 aliphatic heterocycles. The van der Waals surface area contributed by atoms with Gasteiger partial charge in [0.05, 0.1) is 26.4 Å². The SMILES string of the molecule is CCC(C)CCCCCCCCCCCCC(=O)OC[C@H](COP(=O)(O)OC[C@@H](O)COP(=O)(O)OC[C@@H](COC(=O)CCCCCCCCC(C)CC)OC(=O)CCCCCCCCCCC(C)C)OC(=O)CCCCCCCCCCCC(C)C. The summed E-state index contributed by atoms with van der Waals surface area (Å²) in [4.78, 5) is 72.4. The highest BCUT2D eigenvalue weighted by Crippen LogP contribution is 2.45. The number of hydrogen-bond acceptors (Lipinski definition) is 15. The van der Waals surface area contributed by atoms with Gasteiger partial charge in [-0.3, -0.25) is 37.3 Å². The van der Waals surface area contributed by atoms with Gasteiger partial charge in [-0.1, -0.05) is 280 Å². The monoisotopic (exact) mass is 1280 g/mol. The van der Waals surface area contributed by atoms with Crippen LogP contribution in [0, 0.1) is 23.7 Å². The third-order valence-electron chi connectivity index (χ3n) is 16.3. The number of rotatable bonds is 65. The molecule has 0 aliphatic rings. The van der Waals surface area contributed by atoms with E-state index in [0.29, 0.717) is 25.7 Å². The quantitative estimate of drug-likeness (QED) is 0.0222. The van der Waals surface area contributed by atoms with Crippen molar-refractivity contribution in [2.75, 3.05) is 39.6 Å². The number of ether oxygens (including phenoxy) is 4. The summed E-state index contributed by atoms with van der Waals surface area (Å²) in [6.07, 6.45) is 38.9. The number of esters is 4. The van der Waals surface area contributed by atoms with Crippen LogP contribution in [0.25, 0.3) is 0 Å². The third-order valence-corrected chi connectivity index (χ3v) is 18.2. The highest BCUT2D eigenvalue weighted by Gasteiger charge is 2.30. The van der Waals surface area contributed by atoms with E-state index in [-0.39, 0.29) is 25.7 Å². The van der Waals surface area contributed by atoms with Crippen molar-refractivity contribution in [2.24, 2.45) is 23.7 Å². The Hall–Kier alpha value is -1.94. The summed E-state index contributed by atoms with van der Waals surface area (Å²) in [5.41, 5.74) is 0. The van der Waals surface area contributed by atoms with Gasteiger partial charge in [-0.25, -0.2) is 9.13 Å². The van der Waals surface area contributed by atoms with Crippen molar-refractivity contribution in [3.8, 4) is 0 Å². The van der Waals surface area contributed by atoms with E-state index in [1.54, 1.807) is 0 Å². The minimum absolute atomic E-state index is 0.103. The van der Waals surface area contributed by atoms with Crippen molar-refractivity contribution < 1.29 is 80.2 Å². The molecule has 4 unspecified atom stereocenters. The summed E-state index contributed by atoms with van der Waals surface area (Å²) in [7, 11) is -9.90. The van der Waals surface area contributed by atoms with Gasteiger partial charge < -0.3 is 33.8 Å². The Morgan fingerprint density at radius 3 is 0.816 bits per heavy atom. The third kappa shape index (κ3) is 60.1. The summed E-state index contributed by atoms with van der Waals surface area (Å²) in [5.74, 6) is 0.860. The standard InChI is InChI=1S/C68H132O17P2/c1-9-60(7)46-38-30-22-15-11-12-16-23-32-40-48-65(70)78-54-63(84-67(72)50-42-34-24-17-13-14-20-28-36-44-58(3)4)56-82-86(74,75)80-52-62(69)53-81-87(76,77)83-57-64(55-79-66(71)49-41-33-27-26-31-39-47-61(8)10-2)85-68(73)51-43-35-25-19-18-21-29-37-45-59(5)6/h58-64,69H,9-57H2,1-8H3,(H,74,75)(H,76,77)/t60?,61?,62-,63-,64-/m1/s1. The smallest absolute Gasteiger partial charge is 0.462 e. The molecule has 0 spiro atoms. The molecule has 17 nitrogen and oxygen atoms in total. The van der Waals surface area contributed by atoms with E-state index in [0.717, 1.165) is 120 Å². The second-order valence-corrected chi connectivity index (χ2v) is 28.9. The largest absolute Gasteiger partial charge is 0.472 e. The number of carbonyl (C=O) groups excluding carboxylic acids is 4. The van der Waals surface area contributed by atoms with Gasteiger partial charge in [0.2, 0.25) is 0 Å². The fraction of sp³-hybridized carbons (Fsp3) is 0.941. The fourth-order valence-electron chi connectivity index (χ4n) is 10.1. The van der Waals surface area contributed by atoms with Crippen LogP contribution in [0.4, 0.5) is 0 Å². The lowest BCUT2D eigenvalue weighted by molar-refractivity contribution is -0.161. The van der Waals surface area contributed by atoms with E-state index in [9.17, 15) is 43.2 Å². The van der Waals surface area contributed by atoms with Gasteiger partial charge in [-0.2, -0.15) is 0 Å². The molecule has 0 saturated heterocycles. The molecule has 0 bridgehead atoms. The number of aliphatic hydroxyl groups excluding tert-OH is 1. The molecule has 516 valence electrons. The lowest BCUT2D eigenvalue weighted by Crippen LogP contribution is -2.30. The lowest BCUT2D eigenvalue weighted by Gasteiger charge is -2.21. The van der Waals surface area contributed by atoms with Crippen molar-refractivity contribution in [1.29, 1.82) is 0 Å². The lowest BCUT2D eigenvalue weighted by atomic mass is 9.99. The van der Waals surface area contributed by atoms with Crippen LogP contribution in [-0.2, 0) is 65.4 Å². The summed E-state index contributed by atoms with van der Waals surface area (Å²) in [5, 5.41) is 10.6. The molecule has 7 atom stereocenters. The molecular formula is C68H132O17P2. The molecule has 0 radical (unpaired) electrons. The molecule has 19 heteroatoms. The van der Waals surface area contributed by atoms with Crippen LogP contribution in [0.5, 0.6) is 0 Å². The maximum Gasteiger partial charge on any atom is 0.472 e. The number of hydrogen-bond donors (Lipinski definition) is 3. The van der Waals surface area contributed by atoms with Crippen LogP contribution in [0.2, 0.25) is 0 Å². The van der Waals surface area contributed by atoms with Crippen molar-refractivity contribution in [3.63, 3.8) is 0 Å². The van der Waals surface area contributed by atoms with Crippen molar-refractivity contribution in [1.82, 2.24) is 0 Å². The maximum absolute atomic E-state index is 13.0. The zero-order chi connectivity index (χ0) is 64.7. The van der Waals surface area contributed by atoms with E-state index < -0.39 is 97.5 Å². The summed E-state index contributed by atoms with van der Waals surface area (Å²) < 4.78 is 68.2. The van der Waals surface area contributed by atoms with Crippen LogP contribution >= 0.6 is 15.6 Å². The highest BCUT2D eigenvalue weighted by atomic mass is 31.2. The van der Waals surface area contributed by atoms with Crippen molar-refractivity contribution in [2.45, 2.75) is 350 Å². The average Bonchev–Trinajstić information content (AvgIpc) is 3.49. The molecule has 87 heavy (non-hydrogen) atoms. The van der Waals surface area contributed by atoms with E-state index in [2.05, 4.69) is 55.4 Å². The second-order valence-electron chi connectivity index (χ2n) is 26.0. The van der Waals surface area contributed by atoms with Crippen molar-refractivity contribution in [3.05, 3.63) is 0 Å². The van der Waals surface area contributed by atoms with Crippen LogP contribution in [0.15, 0.2) is 0 Å². The van der Waals surface area contributed by atoms with Gasteiger partial charge in [-0.05, 0) is 49.4 Å². The van der Waals surface area contributed by atoms with E-state index in [1.807, 2.05) is 0 Å². The predicted octanol–water partition coefficient (Wildman–Crippen LogP) is 18.9. The molecule has 0 saturated carbocycles. The summed E-state index contributed by atoms with van der Waals surface area (Å²) in [6.45, 7) is 14.1. The molecule has 0 aromatic rings. The van der Waals surface area contributed by atoms with E-state index >= 15 is 0 Å². The van der Waals surface area contributed by atoms with Crippen LogP contribution in [0.3, 0.4) is 0 Å². The molecule has 0 aromatic heterocycles. The maximum atomic E-state index is 13.0. The van der Waals surface area contributed by atoms with E-state index in [1.165, 1.54) is 128 Å². The zero-order valence-corrected chi connectivity index (χ0v) is 58.4. The first-order chi connectivity index (χ1) is 41.7. The Labute approximate surface area is 530 Å². The second kappa shape index (κ2) is 57.9. The molecule has 0 rings (SSSR count). The van der Waals surface area contributed by atoms with Gasteiger partial charge in [0.1, 0.15) is 19.3 Å². The first-order valence-corrected chi connectivity index (χ1v) is 38.3. The van der Waals surface area contributed by atoms with Crippen LogP contribution < -0.4 is 0 Å². The summed E-state index contributed by atoms with van der Waals surface area (Å²) in [6, 6.07) is 0. The molecule has 0 aromatic carbocycles. The summed E-state index contributed by atoms with van der Waals surface area (Å²) >= 11 is 0. The Morgan fingerprint density at radius 1 is 0.322 bits per heavy atom. The molecule has 0 fully saturated rings. The molecule has 0 aliphatic carbocycles. The average molecular weight is 1280 g/mol. The minimum Gasteiger partial charge on any atom is -0.462 e. The number of carbonyl (C=O) groups is 4. The fourth-order valence-corrected chi connectivity index (χ4v) is 11.7. The number of aliphatic hydroxyl groups is 1. The number of phosphoric ester groups is 2. The minimum atomic E-state index is -4.95. The van der Waals surface area contributed by atoms with Gasteiger partial charge in [0.15, 0.2) is 12.2 Å². The first-order valence-electron chi connectivity index (χ1n) is 35.3. The van der Waals surface area contributed by atoms with Crippen LogP contribution in [-0.4, -0.2) is 96.7 Å². The van der Waals surface area contributed by atoms with E-state index in [4.69, 9.17) is 37.0 Å². The Kier molecular flexibility index (Phi) is 56.6. The number of unbranched alkanes of at least 4 members (excludes halogenated alkanes) is 29. The van der Waals surface area contributed by atoms with Crippen molar-refractivity contribution >= 4 is 39.5 Å². The predicted molar refractivity (Wildman–Crippen MR) is 349 cm³/mol. The van der Waals surface area contributed by atoms with Gasteiger partial charge in [-0.15, -0.1) is 0 Å². The molecule has 0 amide bonds. The molecule has 3 N–H and O–H groups in total. The number of phosphoric acid groups is 2. The van der Waals surface area contributed by atoms with Gasteiger partial charge in [0.25, 0.3) is 0 Å². The normalized spacial score (nSPS) is 15.0. The molecular weight excluding hydrogens is 1150 g/mol. The van der Waals surface area contributed by atoms with Crippen LogP contribution in [0.1, 0.15) is 331 Å². The topological polar surface area (TPSA) is 237 Å². The highest BCUT2D eigenvalue weighted by molar-refractivity contribution is 7.47. The Bertz CT molecular complexity index is 1730. The zero-order valence-electron chi connectivity index (χ0n) is 56.6. The Morgan fingerprint density at radius 2 is 0.552 bits per heavy atom.